The fourth-order valence-corrected chi connectivity index (χ4v) is 0.714. The van der Waals surface area contributed by atoms with Crippen LogP contribution in [0.5, 0.6) is 0 Å². The Labute approximate surface area is 74.9 Å². The van der Waals surface area contributed by atoms with Crippen molar-refractivity contribution in [2.75, 3.05) is 0 Å². The average Bonchev–Trinajstić information content (AvgIpc) is 2.10. The summed E-state index contributed by atoms with van der Waals surface area (Å²) in [5.41, 5.74) is 1.41. The molecule has 2 radical (unpaired) electrons. The number of rotatable bonds is 1. The predicted molar refractivity (Wildman–Crippen MR) is 42.3 cm³/mol. The van der Waals surface area contributed by atoms with Crippen LogP contribution in [0.15, 0.2) is 30.3 Å². The first-order valence-electron chi connectivity index (χ1n) is 3.18. The zero-order chi connectivity index (χ0) is 7.82. The zero-order valence-electron chi connectivity index (χ0n) is 6.00. The molecular weight excluding hydrogens is 231 g/mol. The van der Waals surface area contributed by atoms with Crippen molar-refractivity contribution in [2.24, 2.45) is 0 Å². The summed E-state index contributed by atoms with van der Waals surface area (Å²) in [5.74, 6) is 0. The van der Waals surface area contributed by atoms with E-state index in [1.807, 2.05) is 6.07 Å². The minimum absolute atomic E-state index is 0.300. The molecule has 1 aromatic carbocycles. The molecule has 0 bridgehead atoms. The molecule has 0 fully saturated rings. The first-order valence-corrected chi connectivity index (χ1v) is 4.34. The molecule has 0 saturated carbocycles. The van der Waals surface area contributed by atoms with E-state index in [4.69, 9.17) is 3.08 Å². The fraction of sp³-hybridized carbons (Fsp3) is 0.250. The normalized spacial score (nSPS) is 7.70. The molecule has 0 N–H and O–H groups in total. The van der Waals surface area contributed by atoms with Crippen LogP contribution in [0.3, 0.4) is 0 Å². The van der Waals surface area contributed by atoms with E-state index >= 15 is 0 Å². The molecule has 0 atom stereocenters. The molecule has 1 aromatic rings. The van der Waals surface area contributed by atoms with Gasteiger partial charge < -0.3 is 0 Å². The van der Waals surface area contributed by atoms with Crippen molar-refractivity contribution >= 4 is 22.5 Å². The maximum absolute atomic E-state index is 8.34. The second-order valence-corrected chi connectivity index (χ2v) is 1.84. The van der Waals surface area contributed by atoms with Crippen LogP contribution in [0.2, 0.25) is 0 Å². The third kappa shape index (κ3) is 3.77. The number of aryl methyl sites for hydroxylation is 1. The molecule has 0 spiro atoms. The van der Waals surface area contributed by atoms with Gasteiger partial charge in [0, 0.05) is 0 Å². The summed E-state index contributed by atoms with van der Waals surface area (Å²) < 4.78 is 8.34. The van der Waals surface area contributed by atoms with Crippen molar-refractivity contribution in [1.82, 2.24) is 0 Å². The summed E-state index contributed by atoms with van der Waals surface area (Å²) in [4.78, 5) is 0. The molecule has 52 valence electrons. The summed E-state index contributed by atoms with van der Waals surface area (Å²) in [6.45, 7) is 2.16. The number of hydrogen-bond donors (Lipinski definition) is 0. The summed E-state index contributed by atoms with van der Waals surface area (Å²) in [5, 5.41) is 0. The van der Waals surface area contributed by atoms with E-state index < -0.39 is 0 Å². The van der Waals surface area contributed by atoms with Crippen LogP contribution in [-0.4, -0.2) is 22.5 Å². The fourth-order valence-electron chi connectivity index (χ4n) is 0.714. The monoisotopic (exact) mass is 242 g/mol. The van der Waals surface area contributed by atoms with E-state index in [1.165, 1.54) is 5.56 Å². The molecule has 1 nitrogen and oxygen atoms in total. The Bertz CT molecular complexity index is 162. The standard InChI is InChI=1S/C8H10.O.Sn/c1-2-8-6-4-3-5-7-8;;/h3-7H,2H2,1H3;;. The molecule has 0 amide bonds. The topological polar surface area (TPSA) is 17.1 Å². The van der Waals surface area contributed by atoms with Crippen LogP contribution < -0.4 is 0 Å². The summed E-state index contributed by atoms with van der Waals surface area (Å²) in [6.07, 6.45) is 1.14. The van der Waals surface area contributed by atoms with Crippen LogP contribution >= 0.6 is 0 Å². The van der Waals surface area contributed by atoms with Gasteiger partial charge in [0.1, 0.15) is 0 Å². The Morgan fingerprint density at radius 1 is 1.20 bits per heavy atom. The van der Waals surface area contributed by atoms with Gasteiger partial charge in [0.25, 0.3) is 0 Å². The van der Waals surface area contributed by atoms with Crippen molar-refractivity contribution in [1.29, 1.82) is 0 Å². The molecule has 1 rings (SSSR count). The van der Waals surface area contributed by atoms with Crippen molar-refractivity contribution in [3.05, 3.63) is 35.9 Å². The quantitative estimate of drug-likeness (QED) is 0.684. The van der Waals surface area contributed by atoms with Crippen molar-refractivity contribution in [3.8, 4) is 0 Å². The van der Waals surface area contributed by atoms with E-state index in [0.717, 1.165) is 6.42 Å². The molecule has 0 aliphatic rings. The van der Waals surface area contributed by atoms with Crippen LogP contribution in [0.4, 0.5) is 0 Å². The summed E-state index contributed by atoms with van der Waals surface area (Å²) in [6, 6.07) is 10.5. The summed E-state index contributed by atoms with van der Waals surface area (Å²) >= 11 is 0.300. The Kier molecular flexibility index (Phi) is 6.81. The van der Waals surface area contributed by atoms with Crippen molar-refractivity contribution in [2.45, 2.75) is 13.3 Å². The molecule has 10 heavy (non-hydrogen) atoms. The molecule has 0 aliphatic heterocycles. The molecule has 0 heterocycles. The SMILES string of the molecule is CCc1ccccc1.[O]=[Sn]. The second kappa shape index (κ2) is 6.93. The van der Waals surface area contributed by atoms with E-state index in [-0.39, 0.29) is 0 Å². The van der Waals surface area contributed by atoms with E-state index in [9.17, 15) is 0 Å². The van der Waals surface area contributed by atoms with Crippen molar-refractivity contribution in [3.63, 3.8) is 0 Å². The van der Waals surface area contributed by atoms with Gasteiger partial charge in [0.05, 0.1) is 0 Å². The molecule has 0 saturated heterocycles. The minimum atomic E-state index is 0.300. The van der Waals surface area contributed by atoms with Gasteiger partial charge in [0.15, 0.2) is 0 Å². The summed E-state index contributed by atoms with van der Waals surface area (Å²) in [7, 11) is 0. The zero-order valence-corrected chi connectivity index (χ0v) is 8.86. The van der Waals surface area contributed by atoms with Crippen LogP contribution in [0, 0.1) is 0 Å². The van der Waals surface area contributed by atoms with E-state index in [0.29, 0.717) is 22.5 Å². The molecule has 0 aliphatic carbocycles. The van der Waals surface area contributed by atoms with Gasteiger partial charge >= 0.3 is 25.6 Å². The Morgan fingerprint density at radius 3 is 2.00 bits per heavy atom. The third-order valence-corrected chi connectivity index (χ3v) is 1.25. The Hall–Kier alpha value is -0.181. The van der Waals surface area contributed by atoms with Gasteiger partial charge in [-0.1, -0.05) is 37.3 Å². The predicted octanol–water partition coefficient (Wildman–Crippen LogP) is 1.75. The Morgan fingerprint density at radius 2 is 1.70 bits per heavy atom. The van der Waals surface area contributed by atoms with Gasteiger partial charge in [-0.25, -0.2) is 0 Å². The van der Waals surface area contributed by atoms with Crippen LogP contribution in [0.1, 0.15) is 12.5 Å². The van der Waals surface area contributed by atoms with Crippen LogP contribution in [0.25, 0.3) is 0 Å². The molecular formula is C8H10OSn. The second-order valence-electron chi connectivity index (χ2n) is 1.84. The van der Waals surface area contributed by atoms with Gasteiger partial charge in [-0.3, -0.25) is 0 Å². The van der Waals surface area contributed by atoms with Gasteiger partial charge in [-0.2, -0.15) is 0 Å². The first-order chi connectivity index (χ1) is 4.93. The Balaban J connectivity index is 0.000000371. The number of hydrogen-bond acceptors (Lipinski definition) is 1. The average molecular weight is 241 g/mol. The van der Waals surface area contributed by atoms with Gasteiger partial charge in [-0.05, 0) is 12.0 Å². The maximum atomic E-state index is 8.34. The van der Waals surface area contributed by atoms with E-state index in [1.54, 1.807) is 0 Å². The number of benzene rings is 1. The molecule has 0 unspecified atom stereocenters. The van der Waals surface area contributed by atoms with Gasteiger partial charge in [-0.15, -0.1) is 0 Å². The molecule has 2 heteroatoms. The van der Waals surface area contributed by atoms with Crippen molar-refractivity contribution < 1.29 is 3.08 Å². The first kappa shape index (κ1) is 9.82. The van der Waals surface area contributed by atoms with Crippen LogP contribution in [-0.2, 0) is 9.50 Å². The van der Waals surface area contributed by atoms with Gasteiger partial charge in [0.2, 0.25) is 0 Å². The molecule has 0 aromatic heterocycles. The van der Waals surface area contributed by atoms with E-state index in [2.05, 4.69) is 31.2 Å². The third-order valence-electron chi connectivity index (χ3n) is 1.25.